The van der Waals surface area contributed by atoms with Gasteiger partial charge in [0.25, 0.3) is 0 Å². The largest absolute Gasteiger partial charge is 0.509 e. The zero-order chi connectivity index (χ0) is 43.6. The van der Waals surface area contributed by atoms with Crippen LogP contribution < -0.4 is 0 Å². The van der Waals surface area contributed by atoms with E-state index in [2.05, 4.69) is 18.9 Å². The number of carbonyl (C=O) groups excluding carboxylic acids is 6. The highest BCUT2D eigenvalue weighted by atomic mass is 16.8. The van der Waals surface area contributed by atoms with Crippen molar-refractivity contribution < 1.29 is 111 Å². The maximum Gasteiger partial charge on any atom is 0.509 e. The first-order chi connectivity index (χ1) is 26.9. The highest BCUT2D eigenvalue weighted by Crippen LogP contribution is 2.48. The third-order valence-electron chi connectivity index (χ3n) is 10.3. The number of hydrogen-bond acceptors (Lipinski definition) is 23. The third kappa shape index (κ3) is 9.84. The lowest BCUT2D eigenvalue weighted by atomic mass is 9.79. The maximum absolute atomic E-state index is 12.1. The number of carbonyl (C=O) groups is 6. The van der Waals surface area contributed by atoms with E-state index < -0.39 is 107 Å². The van der Waals surface area contributed by atoms with E-state index in [0.29, 0.717) is 0 Å². The summed E-state index contributed by atoms with van der Waals surface area (Å²) >= 11 is 0. The van der Waals surface area contributed by atoms with Gasteiger partial charge in [-0.3, -0.25) is 0 Å². The molecule has 10 atom stereocenters. The van der Waals surface area contributed by atoms with Gasteiger partial charge in [-0.05, 0) is 27.7 Å². The van der Waals surface area contributed by atoms with Crippen molar-refractivity contribution >= 4 is 36.4 Å². The van der Waals surface area contributed by atoms with Crippen LogP contribution in [0.15, 0.2) is 0 Å². The molecule has 23 heteroatoms. The van der Waals surface area contributed by atoms with Gasteiger partial charge >= 0.3 is 36.4 Å². The van der Waals surface area contributed by atoms with Crippen LogP contribution in [0.3, 0.4) is 0 Å². The molecule has 3 aliphatic carbocycles. The number of aliphatic hydroxyl groups is 4. The summed E-state index contributed by atoms with van der Waals surface area (Å²) in [5.41, 5.74) is -4.81. The Morgan fingerprint density at radius 3 is 1.38 bits per heavy atom. The standard InChI is InChI=1S/C13H20O8.C12H16O7.C10H16O8/c1-12(2)19-8-6-13(10(15)17-3,21-11(16)18-4)5-7(14)9(8)20-12;1-11(2)17-7-5-12(19-10(14)15-3)4-6(8(7)18-11)16-9(12)13;1-16-8(14)10(18-9(15)17-2)3-5(11)7(13)6(12)4-10/h7-9,14H,5-6H2,1-4H3;6-8H,4-5H2,1-3H3;5-7,11-13H,3-4H2,1-2H3/t7-,8-,9+,13-;6-,7-,8+,12-;5-,6-,7?,10?/m111/s1. The first-order valence-electron chi connectivity index (χ1n) is 18.1. The average Bonchev–Trinajstić information content (AvgIpc) is 3.75. The molecule has 6 aliphatic rings. The minimum Gasteiger partial charge on any atom is -0.466 e. The number of esters is 3. The van der Waals surface area contributed by atoms with Crippen molar-refractivity contribution in [2.75, 3.05) is 35.5 Å². The maximum atomic E-state index is 12.1. The van der Waals surface area contributed by atoms with Crippen LogP contribution in [0.25, 0.3) is 0 Å². The van der Waals surface area contributed by atoms with Crippen molar-refractivity contribution in [1.82, 2.24) is 0 Å². The molecular weight excluding hydrogens is 788 g/mol. The fourth-order valence-corrected chi connectivity index (χ4v) is 7.86. The van der Waals surface area contributed by atoms with E-state index in [-0.39, 0.29) is 50.7 Å². The summed E-state index contributed by atoms with van der Waals surface area (Å²) in [4.78, 5) is 69.6. The molecule has 330 valence electrons. The molecule has 23 nitrogen and oxygen atoms in total. The molecule has 3 saturated heterocycles. The molecule has 0 radical (unpaired) electrons. The van der Waals surface area contributed by atoms with E-state index in [1.807, 2.05) is 0 Å². The molecule has 6 fully saturated rings. The second-order valence-electron chi connectivity index (χ2n) is 15.3. The van der Waals surface area contributed by atoms with Gasteiger partial charge < -0.3 is 82.0 Å². The summed E-state index contributed by atoms with van der Waals surface area (Å²) in [6, 6.07) is 0. The van der Waals surface area contributed by atoms with Crippen LogP contribution in [0.5, 0.6) is 0 Å². The molecule has 3 saturated carbocycles. The Bertz CT molecular complexity index is 1540. The molecule has 6 rings (SSSR count). The summed E-state index contributed by atoms with van der Waals surface area (Å²) in [6.07, 6.45) is -11.0. The molecular formula is C35H52O23. The van der Waals surface area contributed by atoms with Gasteiger partial charge in [-0.1, -0.05) is 0 Å². The van der Waals surface area contributed by atoms with E-state index in [9.17, 15) is 49.2 Å². The fourth-order valence-electron chi connectivity index (χ4n) is 7.86. The predicted molar refractivity (Wildman–Crippen MR) is 182 cm³/mol. The monoisotopic (exact) mass is 840 g/mol. The molecule has 3 aliphatic heterocycles. The van der Waals surface area contributed by atoms with Gasteiger partial charge in [-0.2, -0.15) is 0 Å². The average molecular weight is 841 g/mol. The summed E-state index contributed by atoms with van der Waals surface area (Å²) in [5.74, 6) is -3.86. The van der Waals surface area contributed by atoms with Gasteiger partial charge in [0.05, 0.1) is 66.1 Å². The predicted octanol–water partition coefficient (Wildman–Crippen LogP) is -0.339. The Labute approximate surface area is 332 Å². The zero-order valence-corrected chi connectivity index (χ0v) is 33.5. The van der Waals surface area contributed by atoms with Crippen molar-refractivity contribution in [3.63, 3.8) is 0 Å². The summed E-state index contributed by atoms with van der Waals surface area (Å²) in [6.45, 7) is 7.02. The van der Waals surface area contributed by atoms with E-state index in [1.54, 1.807) is 27.7 Å². The van der Waals surface area contributed by atoms with Crippen molar-refractivity contribution in [3.8, 4) is 0 Å². The second kappa shape index (κ2) is 17.6. The highest BCUT2D eigenvalue weighted by molar-refractivity contribution is 5.85. The van der Waals surface area contributed by atoms with Gasteiger partial charge in [-0.15, -0.1) is 0 Å². The Hall–Kier alpha value is -4.10. The first-order valence-corrected chi connectivity index (χ1v) is 18.1. The molecule has 0 spiro atoms. The molecule has 0 aromatic heterocycles. The lowest BCUT2D eigenvalue weighted by Crippen LogP contribution is -2.58. The Morgan fingerprint density at radius 2 is 0.914 bits per heavy atom. The van der Waals surface area contributed by atoms with Crippen LogP contribution >= 0.6 is 0 Å². The molecule has 0 aromatic rings. The smallest absolute Gasteiger partial charge is 0.466 e. The SMILES string of the molecule is COC(=O)OC1(C(=O)OC)C[C@@H](O)C(O)[C@H](O)C1.COC(=O)O[C@@]12C[C@@H](OC1=O)[C@@H]1OC(C)(C)O[C@@H]1C2.COC(=O)O[C@]1(C(=O)OC)C[C@@H](O)[C@@H]2OC(C)(C)O[C@@H]2C1. The van der Waals surface area contributed by atoms with Gasteiger partial charge in [0.15, 0.2) is 11.6 Å². The Kier molecular flexibility index (Phi) is 14.2. The van der Waals surface area contributed by atoms with Crippen LogP contribution in [-0.4, -0.2) is 176 Å². The zero-order valence-electron chi connectivity index (χ0n) is 33.5. The Morgan fingerprint density at radius 1 is 0.517 bits per heavy atom. The Balaban J connectivity index is 0.000000193. The van der Waals surface area contributed by atoms with Crippen molar-refractivity contribution in [1.29, 1.82) is 0 Å². The number of ether oxygens (including phenoxy) is 13. The summed E-state index contributed by atoms with van der Waals surface area (Å²) in [5, 5.41) is 38.8. The van der Waals surface area contributed by atoms with Gasteiger partial charge in [0, 0.05) is 38.5 Å². The van der Waals surface area contributed by atoms with Gasteiger partial charge in [0.2, 0.25) is 16.8 Å². The van der Waals surface area contributed by atoms with E-state index in [0.717, 1.165) is 21.3 Å². The second-order valence-corrected chi connectivity index (χ2v) is 15.3. The molecule has 2 bridgehead atoms. The van der Waals surface area contributed by atoms with Crippen LogP contribution in [0.2, 0.25) is 0 Å². The quantitative estimate of drug-likeness (QED) is 0.203. The normalized spacial score (nSPS) is 38.6. The summed E-state index contributed by atoms with van der Waals surface area (Å²) in [7, 11) is 5.64. The van der Waals surface area contributed by atoms with Crippen molar-refractivity contribution in [3.05, 3.63) is 0 Å². The van der Waals surface area contributed by atoms with Crippen LogP contribution in [0.4, 0.5) is 14.4 Å². The first kappa shape index (κ1) is 46.6. The lowest BCUT2D eigenvalue weighted by Gasteiger charge is -2.40. The number of fused-ring (bicyclic) bond motifs is 5. The van der Waals surface area contributed by atoms with Crippen LogP contribution in [0.1, 0.15) is 66.2 Å². The van der Waals surface area contributed by atoms with Crippen molar-refractivity contribution in [2.24, 2.45) is 0 Å². The van der Waals surface area contributed by atoms with Gasteiger partial charge in [0.1, 0.15) is 24.4 Å². The van der Waals surface area contributed by atoms with E-state index in [1.165, 1.54) is 14.2 Å². The molecule has 58 heavy (non-hydrogen) atoms. The summed E-state index contributed by atoms with van der Waals surface area (Å²) < 4.78 is 65.4. The number of aliphatic hydroxyl groups excluding tert-OH is 4. The molecule has 3 heterocycles. The topological polar surface area (TPSA) is 303 Å². The van der Waals surface area contributed by atoms with Crippen LogP contribution in [-0.2, 0) is 76.0 Å². The number of methoxy groups -OCH3 is 5. The van der Waals surface area contributed by atoms with E-state index in [4.69, 9.17) is 42.6 Å². The number of rotatable bonds is 5. The number of hydrogen-bond donors (Lipinski definition) is 4. The minimum atomic E-state index is -1.86. The van der Waals surface area contributed by atoms with Crippen molar-refractivity contribution in [2.45, 2.75) is 150 Å². The third-order valence-corrected chi connectivity index (χ3v) is 10.3. The molecule has 4 N–H and O–H groups in total. The lowest BCUT2D eigenvalue weighted by molar-refractivity contribution is -0.193. The van der Waals surface area contributed by atoms with E-state index >= 15 is 0 Å². The van der Waals surface area contributed by atoms with Gasteiger partial charge in [-0.25, -0.2) is 28.8 Å². The van der Waals surface area contributed by atoms with Crippen LogP contribution in [0, 0.1) is 0 Å². The molecule has 0 unspecified atom stereocenters. The minimum absolute atomic E-state index is 0.0277. The fraction of sp³-hybridized carbons (Fsp3) is 0.829. The highest BCUT2D eigenvalue weighted by Gasteiger charge is 2.66. The molecule has 0 aromatic carbocycles. The molecule has 0 amide bonds.